The zero-order valence-corrected chi connectivity index (χ0v) is 14.7. The number of rotatable bonds is 8. The van der Waals surface area contributed by atoms with Gasteiger partial charge < -0.3 is 24.2 Å². The fourth-order valence-corrected chi connectivity index (χ4v) is 2.73. The molecule has 0 aliphatic heterocycles. The number of carbonyl (C=O) groups is 1. The molecule has 0 atom stereocenters. The van der Waals surface area contributed by atoms with Gasteiger partial charge in [-0.2, -0.15) is 0 Å². The Morgan fingerprint density at radius 3 is 2.44 bits per heavy atom. The van der Waals surface area contributed by atoms with Crippen molar-refractivity contribution in [2.24, 2.45) is 0 Å². The van der Waals surface area contributed by atoms with E-state index in [0.29, 0.717) is 41.4 Å². The second-order valence-corrected chi connectivity index (χ2v) is 5.51. The molecule has 0 saturated heterocycles. The summed E-state index contributed by atoms with van der Waals surface area (Å²) < 4.78 is 12.3. The van der Waals surface area contributed by atoms with Gasteiger partial charge in [-0.1, -0.05) is 13.3 Å². The number of methoxy groups -OCH3 is 2. The zero-order chi connectivity index (χ0) is 18.6. The van der Waals surface area contributed by atoms with Crippen molar-refractivity contribution in [3.63, 3.8) is 0 Å². The second kappa shape index (κ2) is 7.78. The molecule has 1 aromatic carbocycles. The number of aldehydes is 1. The van der Waals surface area contributed by atoms with Gasteiger partial charge in [0.05, 0.1) is 14.2 Å². The molecule has 0 saturated carbocycles. The normalized spacial score (nSPS) is 10.6. The van der Waals surface area contributed by atoms with E-state index in [1.807, 2.05) is 6.92 Å². The van der Waals surface area contributed by atoms with E-state index in [4.69, 9.17) is 9.47 Å². The monoisotopic (exact) mass is 347 g/mol. The summed E-state index contributed by atoms with van der Waals surface area (Å²) in [5.41, 5.74) is 0.980. The Bertz CT molecular complexity index is 798. The molecule has 1 heterocycles. The highest BCUT2D eigenvalue weighted by atomic mass is 16.6. The number of nitro groups is 1. The third-order valence-corrected chi connectivity index (χ3v) is 3.99. The molecule has 134 valence electrons. The summed E-state index contributed by atoms with van der Waals surface area (Å²) in [4.78, 5) is 26.6. The Morgan fingerprint density at radius 2 is 1.92 bits per heavy atom. The number of hydrogen-bond acceptors (Lipinski definition) is 6. The van der Waals surface area contributed by atoms with E-state index in [-0.39, 0.29) is 11.4 Å². The Kier molecular flexibility index (Phi) is 5.74. The van der Waals surface area contributed by atoms with E-state index in [1.165, 1.54) is 20.3 Å². The predicted molar refractivity (Wildman–Crippen MR) is 92.5 cm³/mol. The zero-order valence-electron chi connectivity index (χ0n) is 14.7. The van der Waals surface area contributed by atoms with Gasteiger partial charge in [0.15, 0.2) is 23.5 Å². The molecular weight excluding hydrogens is 326 g/mol. The molecule has 0 aliphatic carbocycles. The number of nitrogens with zero attached hydrogens (tertiary/aromatic N) is 3. The molecule has 1 aromatic heterocycles. The summed E-state index contributed by atoms with van der Waals surface area (Å²) in [5, 5.41) is 11.5. The SMILES string of the molecule is CCCCn1c(C)nc([N+](=O)[O-])c1-c1cc(OC)c(OC)cc1C=O. The topological polar surface area (TPSA) is 96.5 Å². The van der Waals surface area contributed by atoms with Crippen molar-refractivity contribution < 1.29 is 19.2 Å². The van der Waals surface area contributed by atoms with Gasteiger partial charge in [-0.05, 0) is 28.5 Å². The van der Waals surface area contributed by atoms with Crippen LogP contribution in [0.3, 0.4) is 0 Å². The van der Waals surface area contributed by atoms with Gasteiger partial charge >= 0.3 is 5.82 Å². The Morgan fingerprint density at radius 1 is 1.28 bits per heavy atom. The maximum atomic E-state index is 11.6. The molecule has 0 fully saturated rings. The quantitative estimate of drug-likeness (QED) is 0.412. The predicted octanol–water partition coefficient (Wildman–Crippen LogP) is 3.40. The molecule has 2 aromatic rings. The number of carbonyl (C=O) groups excluding carboxylic acids is 1. The molecule has 8 nitrogen and oxygen atoms in total. The summed E-state index contributed by atoms with van der Waals surface area (Å²) in [6.07, 6.45) is 2.41. The van der Waals surface area contributed by atoms with Gasteiger partial charge in [-0.15, -0.1) is 0 Å². The molecule has 8 heteroatoms. The van der Waals surface area contributed by atoms with Crippen LogP contribution in [-0.4, -0.2) is 35.0 Å². The number of aromatic nitrogens is 2. The molecule has 0 bridgehead atoms. The number of hydrogen-bond donors (Lipinski definition) is 0. The van der Waals surface area contributed by atoms with Gasteiger partial charge in [-0.25, -0.2) is 0 Å². The second-order valence-electron chi connectivity index (χ2n) is 5.51. The van der Waals surface area contributed by atoms with Gasteiger partial charge in [0.1, 0.15) is 0 Å². The highest BCUT2D eigenvalue weighted by molar-refractivity contribution is 5.90. The first-order chi connectivity index (χ1) is 12.0. The molecule has 0 amide bonds. The first kappa shape index (κ1) is 18.4. The molecule has 0 aliphatic rings. The maximum absolute atomic E-state index is 11.6. The number of ether oxygens (including phenoxy) is 2. The van der Waals surface area contributed by atoms with Gasteiger partial charge in [0.2, 0.25) is 5.82 Å². The van der Waals surface area contributed by atoms with Crippen molar-refractivity contribution in [3.05, 3.63) is 33.6 Å². The van der Waals surface area contributed by atoms with Gasteiger partial charge in [-0.3, -0.25) is 4.79 Å². The fraction of sp³-hybridized carbons (Fsp3) is 0.412. The van der Waals surface area contributed by atoms with E-state index in [2.05, 4.69) is 4.98 Å². The Balaban J connectivity index is 2.79. The first-order valence-electron chi connectivity index (χ1n) is 7.91. The summed E-state index contributed by atoms with van der Waals surface area (Å²) in [5.74, 6) is 1.02. The first-order valence-corrected chi connectivity index (χ1v) is 7.91. The Hall–Kier alpha value is -2.90. The van der Waals surface area contributed by atoms with Crippen LogP contribution in [0, 0.1) is 17.0 Å². The summed E-state index contributed by atoms with van der Waals surface area (Å²) in [7, 11) is 2.93. The minimum atomic E-state index is -0.532. The van der Waals surface area contributed by atoms with E-state index in [9.17, 15) is 14.9 Å². The van der Waals surface area contributed by atoms with E-state index < -0.39 is 4.92 Å². The van der Waals surface area contributed by atoms with Crippen molar-refractivity contribution in [1.29, 1.82) is 0 Å². The average Bonchev–Trinajstić information content (AvgIpc) is 2.95. The number of benzene rings is 1. The molecule has 2 rings (SSSR count). The maximum Gasteiger partial charge on any atom is 0.390 e. The molecule has 0 unspecified atom stereocenters. The lowest BCUT2D eigenvalue weighted by Gasteiger charge is -2.14. The smallest absolute Gasteiger partial charge is 0.390 e. The van der Waals surface area contributed by atoms with E-state index in [0.717, 1.165) is 12.8 Å². The van der Waals surface area contributed by atoms with Crippen LogP contribution < -0.4 is 9.47 Å². The number of unbranched alkanes of at least 4 members (excludes halogenated alkanes) is 1. The fourth-order valence-electron chi connectivity index (χ4n) is 2.73. The lowest BCUT2D eigenvalue weighted by molar-refractivity contribution is -0.388. The van der Waals surface area contributed by atoms with E-state index >= 15 is 0 Å². The van der Waals surface area contributed by atoms with E-state index in [1.54, 1.807) is 17.6 Å². The average molecular weight is 347 g/mol. The molecule has 0 spiro atoms. The van der Waals surface area contributed by atoms with Crippen LogP contribution in [0.2, 0.25) is 0 Å². The van der Waals surface area contributed by atoms with Crippen LogP contribution in [0.4, 0.5) is 5.82 Å². The highest BCUT2D eigenvalue weighted by Crippen LogP contribution is 2.39. The highest BCUT2D eigenvalue weighted by Gasteiger charge is 2.29. The van der Waals surface area contributed by atoms with Crippen LogP contribution >= 0.6 is 0 Å². The largest absolute Gasteiger partial charge is 0.493 e. The summed E-state index contributed by atoms with van der Waals surface area (Å²) >= 11 is 0. The van der Waals surface area contributed by atoms with Crippen molar-refractivity contribution in [2.45, 2.75) is 33.2 Å². The van der Waals surface area contributed by atoms with Crippen LogP contribution in [0.15, 0.2) is 12.1 Å². The molecule has 0 radical (unpaired) electrons. The van der Waals surface area contributed by atoms with Crippen LogP contribution in [-0.2, 0) is 6.54 Å². The van der Waals surface area contributed by atoms with Crippen molar-refractivity contribution in [3.8, 4) is 22.8 Å². The number of aryl methyl sites for hydroxylation is 1. The van der Waals surface area contributed by atoms with Crippen LogP contribution in [0.25, 0.3) is 11.3 Å². The van der Waals surface area contributed by atoms with Crippen LogP contribution in [0.1, 0.15) is 35.9 Å². The molecular formula is C17H21N3O5. The van der Waals surface area contributed by atoms with Gasteiger partial charge in [0.25, 0.3) is 0 Å². The summed E-state index contributed by atoms with van der Waals surface area (Å²) in [6, 6.07) is 3.09. The van der Waals surface area contributed by atoms with Crippen LogP contribution in [0.5, 0.6) is 11.5 Å². The minimum absolute atomic E-state index is 0.274. The third-order valence-electron chi connectivity index (χ3n) is 3.99. The number of imidazole rings is 1. The standard InChI is InChI=1S/C17H21N3O5/c1-5-6-7-19-11(2)18-17(20(22)23)16(19)13-9-15(25-4)14(24-3)8-12(13)10-21/h8-10H,5-7H2,1-4H3. The van der Waals surface area contributed by atoms with Crippen molar-refractivity contribution in [2.75, 3.05) is 14.2 Å². The molecule has 0 N–H and O–H groups in total. The molecule has 25 heavy (non-hydrogen) atoms. The Labute approximate surface area is 145 Å². The van der Waals surface area contributed by atoms with Gasteiger partial charge in [0, 0.05) is 24.6 Å². The lowest BCUT2D eigenvalue weighted by Crippen LogP contribution is -2.05. The summed E-state index contributed by atoms with van der Waals surface area (Å²) in [6.45, 7) is 4.33. The third kappa shape index (κ3) is 3.47. The van der Waals surface area contributed by atoms with Crippen molar-refractivity contribution in [1.82, 2.24) is 9.55 Å². The van der Waals surface area contributed by atoms with Crippen molar-refractivity contribution >= 4 is 12.1 Å². The lowest BCUT2D eigenvalue weighted by atomic mass is 10.0. The minimum Gasteiger partial charge on any atom is -0.493 e.